The van der Waals surface area contributed by atoms with Crippen molar-refractivity contribution in [2.45, 2.75) is 25.9 Å². The molecular weight excluding hydrogens is 258 g/mol. The second-order valence-corrected chi connectivity index (χ2v) is 5.23. The molecule has 1 aromatic heterocycles. The van der Waals surface area contributed by atoms with Crippen molar-refractivity contribution in [1.82, 2.24) is 15.2 Å². The Bertz CT molecular complexity index is 498. The van der Waals surface area contributed by atoms with E-state index in [1.165, 1.54) is 5.56 Å². The summed E-state index contributed by atoms with van der Waals surface area (Å²) in [4.78, 5) is 6.85. The molecule has 2 aromatic rings. The van der Waals surface area contributed by atoms with E-state index in [1.54, 1.807) is 0 Å². The van der Waals surface area contributed by atoms with E-state index in [2.05, 4.69) is 64.6 Å². The molecule has 0 saturated heterocycles. The SMILES string of the molecule is CCN(CCC(NC)c1ccccc1)Cc1ccccn1. The summed E-state index contributed by atoms with van der Waals surface area (Å²) in [6.07, 6.45) is 2.96. The number of hydrogen-bond acceptors (Lipinski definition) is 3. The molecule has 21 heavy (non-hydrogen) atoms. The normalized spacial score (nSPS) is 12.5. The fourth-order valence-corrected chi connectivity index (χ4v) is 2.54. The number of benzene rings is 1. The van der Waals surface area contributed by atoms with Crippen LogP contribution in [0.5, 0.6) is 0 Å². The topological polar surface area (TPSA) is 28.2 Å². The highest BCUT2D eigenvalue weighted by Crippen LogP contribution is 2.16. The highest BCUT2D eigenvalue weighted by atomic mass is 15.1. The van der Waals surface area contributed by atoms with Gasteiger partial charge in [-0.25, -0.2) is 0 Å². The summed E-state index contributed by atoms with van der Waals surface area (Å²) in [5, 5.41) is 3.42. The second kappa shape index (κ2) is 8.55. The van der Waals surface area contributed by atoms with E-state index in [0.29, 0.717) is 6.04 Å². The van der Waals surface area contributed by atoms with Gasteiger partial charge in [-0.15, -0.1) is 0 Å². The predicted molar refractivity (Wildman–Crippen MR) is 88.0 cm³/mol. The maximum absolute atomic E-state index is 4.41. The van der Waals surface area contributed by atoms with E-state index in [0.717, 1.165) is 31.7 Å². The summed E-state index contributed by atoms with van der Waals surface area (Å²) < 4.78 is 0. The first-order valence-corrected chi connectivity index (χ1v) is 7.68. The van der Waals surface area contributed by atoms with E-state index >= 15 is 0 Å². The minimum Gasteiger partial charge on any atom is -0.313 e. The lowest BCUT2D eigenvalue weighted by Crippen LogP contribution is -2.28. The third kappa shape index (κ3) is 4.96. The molecule has 0 radical (unpaired) electrons. The molecule has 0 saturated carbocycles. The number of nitrogens with zero attached hydrogens (tertiary/aromatic N) is 2. The Kier molecular flexibility index (Phi) is 6.38. The molecule has 3 nitrogen and oxygen atoms in total. The first-order valence-electron chi connectivity index (χ1n) is 7.68. The highest BCUT2D eigenvalue weighted by Gasteiger charge is 2.11. The molecule has 0 amide bonds. The van der Waals surface area contributed by atoms with Crippen LogP contribution < -0.4 is 5.32 Å². The summed E-state index contributed by atoms with van der Waals surface area (Å²) in [5.74, 6) is 0. The molecule has 0 bridgehead atoms. The Labute approximate surface area is 128 Å². The predicted octanol–water partition coefficient (Wildman–Crippen LogP) is 3.25. The van der Waals surface area contributed by atoms with Crippen molar-refractivity contribution in [2.24, 2.45) is 0 Å². The minimum atomic E-state index is 0.406. The van der Waals surface area contributed by atoms with Crippen molar-refractivity contribution in [3.8, 4) is 0 Å². The molecule has 1 unspecified atom stereocenters. The first-order chi connectivity index (χ1) is 10.3. The van der Waals surface area contributed by atoms with Gasteiger partial charge in [0.15, 0.2) is 0 Å². The van der Waals surface area contributed by atoms with Crippen molar-refractivity contribution in [3.63, 3.8) is 0 Å². The van der Waals surface area contributed by atoms with Crippen molar-refractivity contribution in [1.29, 1.82) is 0 Å². The summed E-state index contributed by atoms with van der Waals surface area (Å²) in [6, 6.07) is 17.2. The van der Waals surface area contributed by atoms with Crippen LogP contribution in [-0.4, -0.2) is 30.0 Å². The average molecular weight is 283 g/mol. The number of nitrogens with one attached hydrogen (secondary N) is 1. The third-order valence-corrected chi connectivity index (χ3v) is 3.84. The smallest absolute Gasteiger partial charge is 0.0543 e. The lowest BCUT2D eigenvalue weighted by atomic mass is 10.0. The molecular formula is C18H25N3. The Morgan fingerprint density at radius 3 is 2.48 bits per heavy atom. The Morgan fingerprint density at radius 1 is 1.10 bits per heavy atom. The van der Waals surface area contributed by atoms with Gasteiger partial charge in [0, 0.05) is 25.3 Å². The Morgan fingerprint density at radius 2 is 1.86 bits per heavy atom. The van der Waals surface area contributed by atoms with Gasteiger partial charge in [-0.1, -0.05) is 43.3 Å². The van der Waals surface area contributed by atoms with Crippen LogP contribution in [0.25, 0.3) is 0 Å². The van der Waals surface area contributed by atoms with Crippen LogP contribution in [0.4, 0.5) is 0 Å². The lowest BCUT2D eigenvalue weighted by molar-refractivity contribution is 0.260. The quantitative estimate of drug-likeness (QED) is 0.806. The van der Waals surface area contributed by atoms with Gasteiger partial charge in [0.2, 0.25) is 0 Å². The molecule has 112 valence electrons. The fraction of sp³-hybridized carbons (Fsp3) is 0.389. The lowest BCUT2D eigenvalue weighted by Gasteiger charge is -2.24. The maximum Gasteiger partial charge on any atom is 0.0543 e. The summed E-state index contributed by atoms with van der Waals surface area (Å²) >= 11 is 0. The van der Waals surface area contributed by atoms with Crippen molar-refractivity contribution >= 4 is 0 Å². The van der Waals surface area contributed by atoms with Gasteiger partial charge in [-0.05, 0) is 37.7 Å². The van der Waals surface area contributed by atoms with Crippen molar-refractivity contribution < 1.29 is 0 Å². The molecule has 0 fully saturated rings. The summed E-state index contributed by atoms with van der Waals surface area (Å²) in [7, 11) is 2.03. The first kappa shape index (κ1) is 15.7. The zero-order valence-corrected chi connectivity index (χ0v) is 13.0. The summed E-state index contributed by atoms with van der Waals surface area (Å²) in [6.45, 7) is 5.23. The standard InChI is InChI=1S/C18H25N3/c1-3-21(15-17-11-7-8-13-20-17)14-12-18(19-2)16-9-5-4-6-10-16/h4-11,13,18-19H,3,12,14-15H2,1-2H3. The monoisotopic (exact) mass is 283 g/mol. The molecule has 1 atom stereocenters. The Balaban J connectivity index is 1.90. The number of rotatable bonds is 8. The largest absolute Gasteiger partial charge is 0.313 e. The van der Waals surface area contributed by atoms with Crippen molar-refractivity contribution in [3.05, 3.63) is 66.0 Å². The van der Waals surface area contributed by atoms with Crippen LogP contribution in [0.3, 0.4) is 0 Å². The van der Waals surface area contributed by atoms with E-state index in [9.17, 15) is 0 Å². The third-order valence-electron chi connectivity index (χ3n) is 3.84. The minimum absolute atomic E-state index is 0.406. The van der Waals surface area contributed by atoms with Gasteiger partial charge in [-0.3, -0.25) is 9.88 Å². The van der Waals surface area contributed by atoms with Gasteiger partial charge in [0.1, 0.15) is 0 Å². The average Bonchev–Trinajstić information content (AvgIpc) is 2.56. The van der Waals surface area contributed by atoms with E-state index < -0.39 is 0 Å². The molecule has 3 heteroatoms. The van der Waals surface area contributed by atoms with E-state index in [-0.39, 0.29) is 0 Å². The van der Waals surface area contributed by atoms with Gasteiger partial charge in [-0.2, -0.15) is 0 Å². The van der Waals surface area contributed by atoms with Crippen LogP contribution in [-0.2, 0) is 6.54 Å². The second-order valence-electron chi connectivity index (χ2n) is 5.23. The molecule has 0 spiro atoms. The van der Waals surface area contributed by atoms with E-state index in [1.807, 2.05) is 19.3 Å². The highest BCUT2D eigenvalue weighted by molar-refractivity contribution is 5.18. The van der Waals surface area contributed by atoms with Crippen LogP contribution in [0, 0.1) is 0 Å². The number of hydrogen-bond donors (Lipinski definition) is 1. The van der Waals surface area contributed by atoms with Gasteiger partial charge >= 0.3 is 0 Å². The van der Waals surface area contributed by atoms with Crippen molar-refractivity contribution in [2.75, 3.05) is 20.1 Å². The Hall–Kier alpha value is -1.71. The molecule has 0 aliphatic rings. The van der Waals surface area contributed by atoms with Crippen LogP contribution in [0.1, 0.15) is 30.6 Å². The number of aromatic nitrogens is 1. The van der Waals surface area contributed by atoms with Crippen LogP contribution in [0.2, 0.25) is 0 Å². The molecule has 1 N–H and O–H groups in total. The molecule has 1 heterocycles. The summed E-state index contributed by atoms with van der Waals surface area (Å²) in [5.41, 5.74) is 2.49. The van der Waals surface area contributed by atoms with Crippen LogP contribution in [0.15, 0.2) is 54.7 Å². The molecule has 0 aliphatic carbocycles. The number of pyridine rings is 1. The van der Waals surface area contributed by atoms with Gasteiger partial charge in [0.05, 0.1) is 5.69 Å². The molecule has 1 aromatic carbocycles. The maximum atomic E-state index is 4.41. The molecule has 2 rings (SSSR count). The van der Waals surface area contributed by atoms with E-state index in [4.69, 9.17) is 0 Å². The zero-order valence-electron chi connectivity index (χ0n) is 13.0. The van der Waals surface area contributed by atoms with Crippen LogP contribution >= 0.6 is 0 Å². The van der Waals surface area contributed by atoms with Gasteiger partial charge in [0.25, 0.3) is 0 Å². The van der Waals surface area contributed by atoms with Gasteiger partial charge < -0.3 is 5.32 Å². The zero-order chi connectivity index (χ0) is 14.9. The molecule has 0 aliphatic heterocycles. The fourth-order valence-electron chi connectivity index (χ4n) is 2.54.